The standard InChI is InChI=1S/C12H8BrN3O2/c13-11-4-3-9(6-12(11)16(17)18)8-15-5-1-2-10(15)7-14/h1-6H,8H2. The molecule has 0 unspecified atom stereocenters. The van der Waals surface area contributed by atoms with Gasteiger partial charge < -0.3 is 4.57 Å². The summed E-state index contributed by atoms with van der Waals surface area (Å²) in [6, 6.07) is 10.5. The number of hydrogen-bond acceptors (Lipinski definition) is 3. The van der Waals surface area contributed by atoms with Crippen LogP contribution in [-0.2, 0) is 6.54 Å². The lowest BCUT2D eigenvalue weighted by Crippen LogP contribution is -2.01. The van der Waals surface area contributed by atoms with Gasteiger partial charge in [-0.15, -0.1) is 0 Å². The van der Waals surface area contributed by atoms with E-state index >= 15 is 0 Å². The molecule has 0 saturated carbocycles. The van der Waals surface area contributed by atoms with Gasteiger partial charge in [0.25, 0.3) is 5.69 Å². The minimum Gasteiger partial charge on any atom is -0.335 e. The maximum absolute atomic E-state index is 10.8. The van der Waals surface area contributed by atoms with Crippen LogP contribution in [0.1, 0.15) is 11.3 Å². The van der Waals surface area contributed by atoms with Crippen LogP contribution in [0.5, 0.6) is 0 Å². The highest BCUT2D eigenvalue weighted by Crippen LogP contribution is 2.26. The molecule has 0 spiro atoms. The molecule has 0 saturated heterocycles. The molecule has 0 N–H and O–H groups in total. The molecule has 2 rings (SSSR count). The summed E-state index contributed by atoms with van der Waals surface area (Å²) >= 11 is 3.14. The van der Waals surface area contributed by atoms with Gasteiger partial charge >= 0.3 is 0 Å². The van der Waals surface area contributed by atoms with E-state index in [2.05, 4.69) is 22.0 Å². The topological polar surface area (TPSA) is 71.9 Å². The molecular formula is C12H8BrN3O2. The van der Waals surface area contributed by atoms with Crippen LogP contribution in [0.3, 0.4) is 0 Å². The molecular weight excluding hydrogens is 298 g/mol. The molecule has 0 atom stereocenters. The molecule has 1 aromatic heterocycles. The van der Waals surface area contributed by atoms with Gasteiger partial charge in [-0.3, -0.25) is 10.1 Å². The predicted molar refractivity (Wildman–Crippen MR) is 69.0 cm³/mol. The van der Waals surface area contributed by atoms with Crippen molar-refractivity contribution in [2.24, 2.45) is 0 Å². The Morgan fingerprint density at radius 3 is 2.89 bits per heavy atom. The fourth-order valence-electron chi connectivity index (χ4n) is 1.65. The molecule has 5 nitrogen and oxygen atoms in total. The Hall–Kier alpha value is -2.13. The number of halogens is 1. The lowest BCUT2D eigenvalue weighted by molar-refractivity contribution is -0.385. The highest BCUT2D eigenvalue weighted by Gasteiger charge is 2.12. The van der Waals surface area contributed by atoms with Crippen LogP contribution in [0.4, 0.5) is 5.69 Å². The molecule has 0 aliphatic heterocycles. The summed E-state index contributed by atoms with van der Waals surface area (Å²) in [6.07, 6.45) is 1.77. The second-order valence-corrected chi connectivity index (χ2v) is 4.53. The molecule has 1 aromatic carbocycles. The van der Waals surface area contributed by atoms with Gasteiger partial charge in [-0.25, -0.2) is 0 Å². The molecule has 0 amide bonds. The van der Waals surface area contributed by atoms with Crippen molar-refractivity contribution in [2.75, 3.05) is 0 Å². The highest BCUT2D eigenvalue weighted by molar-refractivity contribution is 9.10. The number of nitro benzene ring substituents is 1. The number of nitrogens with zero attached hydrogens (tertiary/aromatic N) is 3. The van der Waals surface area contributed by atoms with Crippen molar-refractivity contribution in [2.45, 2.75) is 6.54 Å². The first-order valence-electron chi connectivity index (χ1n) is 5.10. The van der Waals surface area contributed by atoms with Crippen LogP contribution in [0.25, 0.3) is 0 Å². The van der Waals surface area contributed by atoms with Gasteiger partial charge in [0.1, 0.15) is 11.8 Å². The van der Waals surface area contributed by atoms with Crippen LogP contribution in [-0.4, -0.2) is 9.49 Å². The Morgan fingerprint density at radius 2 is 2.22 bits per heavy atom. The summed E-state index contributed by atoms with van der Waals surface area (Å²) in [6.45, 7) is 0.435. The molecule has 90 valence electrons. The fraction of sp³-hybridized carbons (Fsp3) is 0.0833. The number of benzene rings is 1. The summed E-state index contributed by atoms with van der Waals surface area (Å²) in [5.74, 6) is 0. The van der Waals surface area contributed by atoms with Crippen molar-refractivity contribution in [3.8, 4) is 6.07 Å². The monoisotopic (exact) mass is 305 g/mol. The zero-order chi connectivity index (χ0) is 13.1. The van der Waals surface area contributed by atoms with Crippen LogP contribution in [0.15, 0.2) is 41.0 Å². The second kappa shape index (κ2) is 5.02. The van der Waals surface area contributed by atoms with E-state index in [1.807, 2.05) is 0 Å². The van der Waals surface area contributed by atoms with Gasteiger partial charge in [0.15, 0.2) is 0 Å². The summed E-state index contributed by atoms with van der Waals surface area (Å²) in [7, 11) is 0. The van der Waals surface area contributed by atoms with E-state index in [1.54, 1.807) is 35.0 Å². The highest BCUT2D eigenvalue weighted by atomic mass is 79.9. The van der Waals surface area contributed by atoms with Crippen molar-refractivity contribution in [1.82, 2.24) is 4.57 Å². The van der Waals surface area contributed by atoms with E-state index in [1.165, 1.54) is 6.07 Å². The molecule has 0 aliphatic carbocycles. The zero-order valence-corrected chi connectivity index (χ0v) is 10.8. The average molecular weight is 306 g/mol. The van der Waals surface area contributed by atoms with Gasteiger partial charge in [0, 0.05) is 18.8 Å². The molecule has 18 heavy (non-hydrogen) atoms. The second-order valence-electron chi connectivity index (χ2n) is 3.68. The molecule has 0 radical (unpaired) electrons. The molecule has 6 heteroatoms. The summed E-state index contributed by atoms with van der Waals surface area (Å²) in [5.41, 5.74) is 1.33. The van der Waals surface area contributed by atoms with E-state index < -0.39 is 4.92 Å². The number of aromatic nitrogens is 1. The van der Waals surface area contributed by atoms with E-state index in [4.69, 9.17) is 5.26 Å². The Morgan fingerprint density at radius 1 is 1.44 bits per heavy atom. The molecule has 0 aliphatic rings. The molecule has 0 fully saturated rings. The van der Waals surface area contributed by atoms with Crippen molar-refractivity contribution in [1.29, 1.82) is 5.26 Å². The van der Waals surface area contributed by atoms with E-state index in [0.717, 1.165) is 5.56 Å². The third kappa shape index (κ3) is 2.41. The normalized spacial score (nSPS) is 10.0. The maximum Gasteiger partial charge on any atom is 0.283 e. The maximum atomic E-state index is 10.8. The van der Waals surface area contributed by atoms with Crippen LogP contribution in [0, 0.1) is 21.4 Å². The minimum atomic E-state index is -0.436. The van der Waals surface area contributed by atoms with Crippen molar-refractivity contribution in [3.63, 3.8) is 0 Å². The quantitative estimate of drug-likeness (QED) is 0.646. The lowest BCUT2D eigenvalue weighted by atomic mass is 10.2. The van der Waals surface area contributed by atoms with Crippen LogP contribution >= 0.6 is 15.9 Å². The average Bonchev–Trinajstić information content (AvgIpc) is 2.78. The third-order valence-corrected chi connectivity index (χ3v) is 3.17. The van der Waals surface area contributed by atoms with Crippen LogP contribution < -0.4 is 0 Å². The third-order valence-electron chi connectivity index (χ3n) is 2.50. The minimum absolute atomic E-state index is 0.0261. The van der Waals surface area contributed by atoms with Crippen molar-refractivity contribution >= 4 is 21.6 Å². The van der Waals surface area contributed by atoms with Gasteiger partial charge in [-0.2, -0.15) is 5.26 Å². The van der Waals surface area contributed by atoms with E-state index in [-0.39, 0.29) is 5.69 Å². The smallest absolute Gasteiger partial charge is 0.283 e. The van der Waals surface area contributed by atoms with Gasteiger partial charge in [-0.05, 0) is 39.7 Å². The summed E-state index contributed by atoms with van der Waals surface area (Å²) < 4.78 is 2.19. The van der Waals surface area contributed by atoms with E-state index in [9.17, 15) is 10.1 Å². The summed E-state index contributed by atoms with van der Waals surface area (Å²) in [4.78, 5) is 10.4. The Bertz CT molecular complexity index is 643. The number of rotatable bonds is 3. The Labute approximate surface area is 112 Å². The first-order valence-corrected chi connectivity index (χ1v) is 5.89. The summed E-state index contributed by atoms with van der Waals surface area (Å²) in [5, 5.41) is 19.7. The molecule has 2 aromatic rings. The molecule has 0 bridgehead atoms. The number of hydrogen-bond donors (Lipinski definition) is 0. The predicted octanol–water partition coefficient (Wildman–Crippen LogP) is 3.08. The van der Waals surface area contributed by atoms with Gasteiger partial charge in [-0.1, -0.05) is 6.07 Å². The number of nitro groups is 1. The van der Waals surface area contributed by atoms with Gasteiger partial charge in [0.05, 0.1) is 9.40 Å². The first kappa shape index (κ1) is 12.3. The lowest BCUT2D eigenvalue weighted by Gasteiger charge is -2.05. The fourth-order valence-corrected chi connectivity index (χ4v) is 2.04. The largest absolute Gasteiger partial charge is 0.335 e. The molecule has 1 heterocycles. The van der Waals surface area contributed by atoms with E-state index in [0.29, 0.717) is 16.7 Å². The SMILES string of the molecule is N#Cc1cccn1Cc1ccc(Br)c([N+](=O)[O-])c1. The van der Waals surface area contributed by atoms with Crippen molar-refractivity contribution < 1.29 is 4.92 Å². The van der Waals surface area contributed by atoms with Crippen LogP contribution in [0.2, 0.25) is 0 Å². The van der Waals surface area contributed by atoms with Gasteiger partial charge in [0.2, 0.25) is 0 Å². The Balaban J connectivity index is 2.34. The number of nitriles is 1. The first-order chi connectivity index (χ1) is 8.61. The Kier molecular flexibility index (Phi) is 3.44. The zero-order valence-electron chi connectivity index (χ0n) is 9.21. The van der Waals surface area contributed by atoms with Crippen molar-refractivity contribution in [3.05, 3.63) is 62.4 Å².